The maximum atomic E-state index is 2.58. The summed E-state index contributed by atoms with van der Waals surface area (Å²) in [6, 6.07) is 26.9. The molecule has 16 nitrogen and oxygen atoms in total. The normalized spacial score (nSPS) is 25.1. The zero-order valence-corrected chi connectivity index (χ0v) is 62.8. The zero-order chi connectivity index (χ0) is 69.4. The van der Waals surface area contributed by atoms with Crippen molar-refractivity contribution in [1.29, 1.82) is 0 Å². The Hall–Kier alpha value is -8.40. The molecule has 0 saturated heterocycles. The minimum atomic E-state index is 0.340. The van der Waals surface area contributed by atoms with Crippen molar-refractivity contribution in [1.82, 2.24) is 39.2 Å². The van der Waals surface area contributed by atoms with Gasteiger partial charge in [-0.15, -0.1) is 0 Å². The van der Waals surface area contributed by atoms with E-state index in [0.717, 1.165) is 12.1 Å². The molecular formula is C81H118N16. The first-order valence-corrected chi connectivity index (χ1v) is 36.5. The molecule has 8 aliphatic heterocycles. The van der Waals surface area contributed by atoms with Gasteiger partial charge in [-0.25, -0.2) is 0 Å². The fourth-order valence-corrected chi connectivity index (χ4v) is 16.4. The summed E-state index contributed by atoms with van der Waals surface area (Å²) in [5.74, 6) is 0. The second-order valence-electron chi connectivity index (χ2n) is 29.4. The molecule has 8 heterocycles. The van der Waals surface area contributed by atoms with Crippen LogP contribution in [0, 0.1) is 34.6 Å². The van der Waals surface area contributed by atoms with Crippen LogP contribution in [-0.2, 0) is 0 Å². The number of rotatable bonds is 12. The van der Waals surface area contributed by atoms with E-state index in [-0.39, 0.29) is 0 Å². The molecule has 0 aromatic heterocycles. The SMILES string of the molecule is Cc1c(N2C=CN(C(C)C)[C@@H]2C)cccc1N1C=CN(C(C)C)[C@H]1C.Cc1c(N2C=CN(C)[C@H]2C)cccc1N1C=CN(C)[C@@H]1C.Cc1c(N2C=CN(C3CCCC3)[C@@H]2C)cccc1N1C=CN(C2CCCC2)[C@H]1C.Cc1ccc(N2C=CN(C)[C@@H]2C)c(C)c1N1C=CN(C)[C@H]1C. The molecule has 0 spiro atoms. The Bertz CT molecular complexity index is 3460. The third kappa shape index (κ3) is 13.7. The predicted molar refractivity (Wildman–Crippen MR) is 411 cm³/mol. The Labute approximate surface area is 585 Å². The number of aryl methyl sites for hydroxylation is 1. The molecule has 4 aromatic carbocycles. The van der Waals surface area contributed by atoms with Gasteiger partial charge in [0, 0.05) is 191 Å². The number of anilines is 8. The van der Waals surface area contributed by atoms with E-state index < -0.39 is 0 Å². The van der Waals surface area contributed by atoms with Crippen molar-refractivity contribution >= 4 is 45.5 Å². The Kier molecular flexibility index (Phi) is 21.2. The maximum Gasteiger partial charge on any atom is 0.103 e. The third-order valence-electron chi connectivity index (χ3n) is 23.1. The summed E-state index contributed by atoms with van der Waals surface area (Å²) in [6.07, 6.45) is 49.1. The smallest absolute Gasteiger partial charge is 0.103 e. The molecule has 2 fully saturated rings. The van der Waals surface area contributed by atoms with Gasteiger partial charge in [-0.3, -0.25) is 0 Å². The van der Waals surface area contributed by atoms with Crippen molar-refractivity contribution in [2.75, 3.05) is 67.4 Å². The zero-order valence-electron chi connectivity index (χ0n) is 62.8. The van der Waals surface area contributed by atoms with Gasteiger partial charge in [0.1, 0.15) is 49.3 Å². The third-order valence-corrected chi connectivity index (χ3v) is 23.1. The molecule has 0 radical (unpaired) electrons. The van der Waals surface area contributed by atoms with Gasteiger partial charge in [-0.05, 0) is 214 Å². The first-order chi connectivity index (χ1) is 46.4. The molecule has 0 unspecified atom stereocenters. The van der Waals surface area contributed by atoms with Crippen molar-refractivity contribution < 1.29 is 0 Å². The number of nitrogens with zero attached hydrogens (tertiary/aromatic N) is 16. The molecule has 2 aliphatic carbocycles. The van der Waals surface area contributed by atoms with Crippen LogP contribution in [0.15, 0.2) is 166 Å². The maximum absolute atomic E-state index is 2.58. The van der Waals surface area contributed by atoms with Gasteiger partial charge in [-0.1, -0.05) is 49.9 Å². The number of hydrogen-bond acceptors (Lipinski definition) is 16. The van der Waals surface area contributed by atoms with Crippen molar-refractivity contribution in [3.05, 3.63) is 194 Å². The number of benzene rings is 4. The fourth-order valence-electron chi connectivity index (χ4n) is 16.4. The van der Waals surface area contributed by atoms with E-state index >= 15 is 0 Å². The van der Waals surface area contributed by atoms with E-state index in [9.17, 15) is 0 Å². The molecule has 14 rings (SSSR count). The lowest BCUT2D eigenvalue weighted by molar-refractivity contribution is 0.236. The second kappa shape index (κ2) is 29.4. The van der Waals surface area contributed by atoms with Crippen LogP contribution in [0.5, 0.6) is 0 Å². The molecule has 97 heavy (non-hydrogen) atoms. The highest BCUT2D eigenvalue weighted by molar-refractivity contribution is 5.75. The summed E-state index contributed by atoms with van der Waals surface area (Å²) >= 11 is 0. The van der Waals surface area contributed by atoms with Crippen molar-refractivity contribution in [3.63, 3.8) is 0 Å². The molecular weight excluding hydrogens is 1200 g/mol. The second-order valence-corrected chi connectivity index (χ2v) is 29.4. The Balaban J connectivity index is 0.000000132. The predicted octanol–water partition coefficient (Wildman–Crippen LogP) is 17.0. The molecule has 0 amide bonds. The molecule has 16 heteroatoms. The summed E-state index contributed by atoms with van der Waals surface area (Å²) in [4.78, 5) is 37.9. The molecule has 8 atom stereocenters. The minimum absolute atomic E-state index is 0.340. The van der Waals surface area contributed by atoms with Crippen LogP contribution in [0.1, 0.15) is 162 Å². The van der Waals surface area contributed by atoms with E-state index in [1.54, 1.807) is 0 Å². The van der Waals surface area contributed by atoms with E-state index in [2.05, 4.69) is 390 Å². The molecule has 10 aliphatic rings. The van der Waals surface area contributed by atoms with Crippen LogP contribution in [-0.4, -0.2) is 141 Å². The highest BCUT2D eigenvalue weighted by Crippen LogP contribution is 2.43. The summed E-state index contributed by atoms with van der Waals surface area (Å²) in [6.45, 7) is 38.3. The van der Waals surface area contributed by atoms with Gasteiger partial charge >= 0.3 is 0 Å². The molecule has 2 saturated carbocycles. The lowest BCUT2D eigenvalue weighted by atomic mass is 10.0. The average molecular weight is 1320 g/mol. The van der Waals surface area contributed by atoms with Gasteiger partial charge < -0.3 is 78.4 Å². The van der Waals surface area contributed by atoms with Crippen LogP contribution in [0.3, 0.4) is 0 Å². The van der Waals surface area contributed by atoms with E-state index in [0.29, 0.717) is 61.4 Å². The van der Waals surface area contributed by atoms with Crippen LogP contribution in [0.25, 0.3) is 0 Å². The van der Waals surface area contributed by atoms with E-state index in [1.807, 2.05) is 0 Å². The van der Waals surface area contributed by atoms with Gasteiger partial charge in [0.25, 0.3) is 0 Å². The lowest BCUT2D eigenvalue weighted by Crippen LogP contribution is -2.42. The highest BCUT2D eigenvalue weighted by Gasteiger charge is 2.36. The minimum Gasteiger partial charge on any atom is -0.359 e. The number of hydrogen-bond donors (Lipinski definition) is 0. The van der Waals surface area contributed by atoms with Crippen molar-refractivity contribution in [2.24, 2.45) is 0 Å². The highest BCUT2D eigenvalue weighted by atomic mass is 15.4. The summed E-state index contributed by atoms with van der Waals surface area (Å²) in [5, 5.41) is 0. The first-order valence-electron chi connectivity index (χ1n) is 36.5. The van der Waals surface area contributed by atoms with Gasteiger partial charge in [0.15, 0.2) is 0 Å². The van der Waals surface area contributed by atoms with Crippen molar-refractivity contribution in [3.8, 4) is 0 Å². The molecule has 522 valence electrons. The van der Waals surface area contributed by atoms with Crippen molar-refractivity contribution in [2.45, 2.75) is 243 Å². The summed E-state index contributed by atoms with van der Waals surface area (Å²) in [7, 11) is 8.46. The van der Waals surface area contributed by atoms with Crippen LogP contribution in [0.4, 0.5) is 45.5 Å². The van der Waals surface area contributed by atoms with Crippen LogP contribution in [0.2, 0.25) is 0 Å². The Morgan fingerprint density at radius 3 is 0.814 bits per heavy atom. The molecule has 4 aromatic rings. The fraction of sp³-hybridized carbons (Fsp3) is 0.506. The van der Waals surface area contributed by atoms with E-state index in [1.165, 1.54) is 125 Å². The van der Waals surface area contributed by atoms with Crippen LogP contribution >= 0.6 is 0 Å². The Morgan fingerprint density at radius 1 is 0.278 bits per heavy atom. The monoisotopic (exact) mass is 1310 g/mol. The largest absolute Gasteiger partial charge is 0.359 e. The van der Waals surface area contributed by atoms with Crippen LogP contribution < -0.4 is 39.2 Å². The topological polar surface area (TPSA) is 51.8 Å². The van der Waals surface area contributed by atoms with Gasteiger partial charge in [0.05, 0.1) is 5.69 Å². The molecule has 0 N–H and O–H groups in total. The standard InChI is InChI=1S/C25H36N4.C21H32N4.C18H26N4.C17H24N4/c1-19-24(28-17-15-26(20(28)2)22-9-4-5-10-22)13-8-14-25(19)29-18-16-27(21(29)3)23-11-6-7-12-23;1-15(2)22-11-13-24(18(22)6)20-9-8-10-21(17(20)5)25-14-12-23(16(3)4)19(25)7;1-13-7-8-17(21-11-9-19(5)15(21)3)14(2)18(13)22-12-10-20(6)16(22)4;1-13-16(20-11-9-18(4)14(20)2)7-6-8-17(13)21-12-10-19(5)15(21)3/h8,13-18,20-23H,4-7,9-12H2,1-3H3;8-16,18-19H,1-7H3;7-12,15-16H,1-6H3;6-12,14-15H,1-5H3/t20-,21+;18-,19+;15-,16+;14-,15+/m..0./s1. The summed E-state index contributed by atoms with van der Waals surface area (Å²) < 4.78 is 0. The average Bonchev–Trinajstić information content (AvgIpc) is 1.69. The Morgan fingerprint density at radius 2 is 0.536 bits per heavy atom. The quantitative estimate of drug-likeness (QED) is 0.135. The van der Waals surface area contributed by atoms with Gasteiger partial charge in [-0.2, -0.15) is 0 Å². The first kappa shape index (κ1) is 69.9. The van der Waals surface area contributed by atoms with Gasteiger partial charge in [0.2, 0.25) is 0 Å². The molecule has 0 bridgehead atoms. The summed E-state index contributed by atoms with van der Waals surface area (Å²) in [5.41, 5.74) is 17.1. The van der Waals surface area contributed by atoms with E-state index in [4.69, 9.17) is 0 Å². The lowest BCUT2D eigenvalue weighted by Gasteiger charge is -2.37.